The van der Waals surface area contributed by atoms with E-state index in [0.717, 1.165) is 28.4 Å². The lowest BCUT2D eigenvalue weighted by Crippen LogP contribution is -1.96. The van der Waals surface area contributed by atoms with Gasteiger partial charge in [0.15, 0.2) is 5.76 Å². The normalized spacial score (nSPS) is 11.2. The Balaban J connectivity index is 2.13. The highest BCUT2D eigenvalue weighted by molar-refractivity contribution is 5.58. The van der Waals surface area contributed by atoms with Gasteiger partial charge in [0.25, 0.3) is 0 Å². The quantitative estimate of drug-likeness (QED) is 0.731. The number of fused-ring (bicyclic) bond motifs is 1. The number of hydrogen-bond acceptors (Lipinski definition) is 3. The molecule has 3 rings (SSSR count). The standard InChI is InChI=1S/C13H13N3O/c1-9-2-3-12(17-9)11-8-16-5-4-10(7-14)6-13(16)15-11/h2-6,8H,7,14H2,1H3. The molecule has 2 N–H and O–H groups in total. The number of furan rings is 1. The zero-order valence-corrected chi connectivity index (χ0v) is 9.55. The van der Waals surface area contributed by atoms with Gasteiger partial charge < -0.3 is 14.6 Å². The van der Waals surface area contributed by atoms with Crippen LogP contribution in [0.2, 0.25) is 0 Å². The van der Waals surface area contributed by atoms with Crippen LogP contribution in [0.25, 0.3) is 17.1 Å². The Labute approximate surface area is 98.7 Å². The van der Waals surface area contributed by atoms with Crippen LogP contribution in [0.3, 0.4) is 0 Å². The highest BCUT2D eigenvalue weighted by atomic mass is 16.3. The Morgan fingerprint density at radius 1 is 1.35 bits per heavy atom. The fourth-order valence-electron chi connectivity index (χ4n) is 1.84. The molecule has 3 aromatic rings. The van der Waals surface area contributed by atoms with E-state index in [2.05, 4.69) is 4.98 Å². The van der Waals surface area contributed by atoms with Gasteiger partial charge in [0, 0.05) is 18.9 Å². The van der Waals surface area contributed by atoms with Crippen molar-refractivity contribution in [2.24, 2.45) is 5.73 Å². The summed E-state index contributed by atoms with van der Waals surface area (Å²) >= 11 is 0. The summed E-state index contributed by atoms with van der Waals surface area (Å²) in [7, 11) is 0. The van der Waals surface area contributed by atoms with Crippen molar-refractivity contribution in [1.29, 1.82) is 0 Å². The molecule has 0 spiro atoms. The van der Waals surface area contributed by atoms with Crippen LogP contribution in [0.5, 0.6) is 0 Å². The van der Waals surface area contributed by atoms with Crippen molar-refractivity contribution < 1.29 is 4.42 Å². The second-order valence-corrected chi connectivity index (χ2v) is 4.04. The van der Waals surface area contributed by atoms with Crippen LogP contribution in [0, 0.1) is 6.92 Å². The summed E-state index contributed by atoms with van der Waals surface area (Å²) in [6, 6.07) is 7.84. The van der Waals surface area contributed by atoms with E-state index in [1.165, 1.54) is 0 Å². The van der Waals surface area contributed by atoms with E-state index in [1.807, 2.05) is 48.0 Å². The second kappa shape index (κ2) is 3.75. The van der Waals surface area contributed by atoms with Gasteiger partial charge in [-0.2, -0.15) is 0 Å². The average molecular weight is 227 g/mol. The van der Waals surface area contributed by atoms with Crippen LogP contribution >= 0.6 is 0 Å². The lowest BCUT2D eigenvalue weighted by molar-refractivity contribution is 0.547. The van der Waals surface area contributed by atoms with Gasteiger partial charge in [-0.3, -0.25) is 0 Å². The van der Waals surface area contributed by atoms with Crippen LogP contribution < -0.4 is 5.73 Å². The number of hydrogen-bond donors (Lipinski definition) is 1. The third kappa shape index (κ3) is 1.72. The van der Waals surface area contributed by atoms with Gasteiger partial charge >= 0.3 is 0 Å². The molecule has 17 heavy (non-hydrogen) atoms. The molecule has 0 unspecified atom stereocenters. The van der Waals surface area contributed by atoms with E-state index in [0.29, 0.717) is 6.54 Å². The Hall–Kier alpha value is -2.07. The lowest BCUT2D eigenvalue weighted by atomic mass is 10.3. The predicted molar refractivity (Wildman–Crippen MR) is 65.5 cm³/mol. The first-order valence-electron chi connectivity index (χ1n) is 5.51. The predicted octanol–water partition coefficient (Wildman–Crippen LogP) is 2.36. The molecule has 0 radical (unpaired) electrons. The van der Waals surface area contributed by atoms with E-state index in [9.17, 15) is 0 Å². The summed E-state index contributed by atoms with van der Waals surface area (Å²) in [5.74, 6) is 1.68. The number of nitrogens with two attached hydrogens (primary N) is 1. The topological polar surface area (TPSA) is 56.5 Å². The summed E-state index contributed by atoms with van der Waals surface area (Å²) in [6.45, 7) is 2.45. The summed E-state index contributed by atoms with van der Waals surface area (Å²) in [5.41, 5.74) is 8.41. The lowest BCUT2D eigenvalue weighted by Gasteiger charge is -1.96. The Kier molecular flexibility index (Phi) is 2.23. The molecule has 0 aliphatic heterocycles. The number of pyridine rings is 1. The number of imidazole rings is 1. The zero-order chi connectivity index (χ0) is 11.8. The van der Waals surface area contributed by atoms with Gasteiger partial charge in [-0.1, -0.05) is 0 Å². The first-order chi connectivity index (χ1) is 8.26. The average Bonchev–Trinajstić information content (AvgIpc) is 2.93. The molecule has 0 bridgehead atoms. The number of nitrogens with zero attached hydrogens (tertiary/aromatic N) is 2. The molecule has 86 valence electrons. The van der Waals surface area contributed by atoms with E-state index in [1.54, 1.807) is 0 Å². The van der Waals surface area contributed by atoms with Crippen LogP contribution in [0.15, 0.2) is 41.1 Å². The van der Waals surface area contributed by atoms with E-state index in [4.69, 9.17) is 10.2 Å². The fourth-order valence-corrected chi connectivity index (χ4v) is 1.84. The van der Waals surface area contributed by atoms with Gasteiger partial charge in [-0.05, 0) is 36.8 Å². The van der Waals surface area contributed by atoms with Crippen molar-refractivity contribution in [1.82, 2.24) is 9.38 Å². The third-order valence-electron chi connectivity index (χ3n) is 2.75. The fraction of sp³-hybridized carbons (Fsp3) is 0.154. The highest BCUT2D eigenvalue weighted by Gasteiger charge is 2.07. The Bertz CT molecular complexity index is 666. The monoisotopic (exact) mass is 227 g/mol. The first-order valence-corrected chi connectivity index (χ1v) is 5.51. The highest BCUT2D eigenvalue weighted by Crippen LogP contribution is 2.21. The largest absolute Gasteiger partial charge is 0.460 e. The van der Waals surface area contributed by atoms with E-state index < -0.39 is 0 Å². The van der Waals surface area contributed by atoms with Crippen molar-refractivity contribution in [3.8, 4) is 11.5 Å². The van der Waals surface area contributed by atoms with Crippen LogP contribution in [-0.4, -0.2) is 9.38 Å². The summed E-state index contributed by atoms with van der Waals surface area (Å²) in [6.07, 6.45) is 3.91. The van der Waals surface area contributed by atoms with Crippen molar-refractivity contribution in [3.05, 3.63) is 48.0 Å². The molecule has 4 heteroatoms. The molecule has 0 aromatic carbocycles. The molecule has 0 saturated heterocycles. The minimum absolute atomic E-state index is 0.526. The first kappa shape index (κ1) is 10.1. The van der Waals surface area contributed by atoms with Crippen molar-refractivity contribution in [2.45, 2.75) is 13.5 Å². The maximum atomic E-state index is 5.61. The molecular weight excluding hydrogens is 214 g/mol. The second-order valence-electron chi connectivity index (χ2n) is 4.04. The molecule has 0 amide bonds. The minimum Gasteiger partial charge on any atom is -0.460 e. The summed E-state index contributed by atoms with van der Waals surface area (Å²) in [5, 5.41) is 0. The molecule has 0 aliphatic carbocycles. The van der Waals surface area contributed by atoms with Crippen molar-refractivity contribution in [2.75, 3.05) is 0 Å². The Morgan fingerprint density at radius 2 is 2.24 bits per heavy atom. The van der Waals surface area contributed by atoms with Crippen LogP contribution in [-0.2, 0) is 6.54 Å². The van der Waals surface area contributed by atoms with E-state index >= 15 is 0 Å². The minimum atomic E-state index is 0.526. The van der Waals surface area contributed by atoms with E-state index in [-0.39, 0.29) is 0 Å². The maximum Gasteiger partial charge on any atom is 0.154 e. The van der Waals surface area contributed by atoms with Crippen LogP contribution in [0.1, 0.15) is 11.3 Å². The molecule has 3 aromatic heterocycles. The van der Waals surface area contributed by atoms with Gasteiger partial charge in [-0.25, -0.2) is 4.98 Å². The zero-order valence-electron chi connectivity index (χ0n) is 9.55. The summed E-state index contributed by atoms with van der Waals surface area (Å²) < 4.78 is 7.52. The third-order valence-corrected chi connectivity index (χ3v) is 2.75. The van der Waals surface area contributed by atoms with Gasteiger partial charge in [-0.15, -0.1) is 0 Å². The molecule has 0 atom stereocenters. The van der Waals surface area contributed by atoms with Gasteiger partial charge in [0.05, 0.1) is 0 Å². The SMILES string of the molecule is Cc1ccc(-c2cn3ccc(CN)cc3n2)o1. The van der Waals surface area contributed by atoms with Crippen molar-refractivity contribution >= 4 is 5.65 Å². The van der Waals surface area contributed by atoms with Crippen LogP contribution in [0.4, 0.5) is 0 Å². The molecule has 0 aliphatic rings. The Morgan fingerprint density at radius 3 is 2.94 bits per heavy atom. The number of aromatic nitrogens is 2. The van der Waals surface area contributed by atoms with Gasteiger partial charge in [0.1, 0.15) is 17.1 Å². The van der Waals surface area contributed by atoms with Crippen molar-refractivity contribution in [3.63, 3.8) is 0 Å². The molecule has 3 heterocycles. The summed E-state index contributed by atoms with van der Waals surface area (Å²) in [4.78, 5) is 4.52. The molecular formula is C13H13N3O. The molecule has 4 nitrogen and oxygen atoms in total. The number of rotatable bonds is 2. The smallest absolute Gasteiger partial charge is 0.154 e. The molecule has 0 saturated carbocycles. The number of aryl methyl sites for hydroxylation is 1. The molecule has 0 fully saturated rings. The van der Waals surface area contributed by atoms with Gasteiger partial charge in [0.2, 0.25) is 0 Å². The maximum absolute atomic E-state index is 5.61.